The van der Waals surface area contributed by atoms with Crippen LogP contribution in [0.25, 0.3) is 0 Å². The van der Waals surface area contributed by atoms with Crippen LogP contribution in [-0.2, 0) is 15.7 Å². The van der Waals surface area contributed by atoms with E-state index in [-0.39, 0.29) is 30.0 Å². The molecule has 1 fully saturated rings. The molecule has 2 N–H and O–H groups in total. The smallest absolute Gasteiger partial charge is 0.381 e. The Kier molecular flexibility index (Phi) is 9.51. The summed E-state index contributed by atoms with van der Waals surface area (Å²) in [6, 6.07) is 4.89. The maximum absolute atomic E-state index is 12.8. The van der Waals surface area contributed by atoms with Crippen molar-refractivity contribution in [1.29, 1.82) is 0 Å². The van der Waals surface area contributed by atoms with E-state index >= 15 is 0 Å². The topological polar surface area (TPSA) is 70.7 Å². The number of carbonyl (C=O) groups is 2. The van der Waals surface area contributed by atoms with Crippen molar-refractivity contribution in [3.63, 3.8) is 0 Å². The average Bonchev–Trinajstić information content (AvgIpc) is 2.75. The van der Waals surface area contributed by atoms with E-state index in [2.05, 4.69) is 36.4 Å². The van der Waals surface area contributed by atoms with Gasteiger partial charge in [-0.2, -0.15) is 13.2 Å². The molecule has 180 valence electrons. The highest BCUT2D eigenvalue weighted by atomic mass is 19.4. The first-order valence-electron chi connectivity index (χ1n) is 11.1. The number of rotatable bonds is 9. The summed E-state index contributed by atoms with van der Waals surface area (Å²) in [7, 11) is 2.11. The fourth-order valence-corrected chi connectivity index (χ4v) is 4.03. The number of nitrogens with one attached hydrogen (secondary N) is 2. The lowest BCUT2D eigenvalue weighted by atomic mass is 9.81. The standard InChI is InChI=1S/C23H34F3N3O3/c1-5-32-14-17-12-19(29(4)15(2)3)9-10-20(17)28-21(30)13-27-22(31)16-7-6-8-18(11-16)23(24,25)26/h6-8,11,15,17,19-20H,5,9-10,12-14H2,1-4H3,(H,27,31)(H,28,30)/t17-,19-,20+/m1/s1. The zero-order chi connectivity index (χ0) is 23.9. The largest absolute Gasteiger partial charge is 0.416 e. The van der Waals surface area contributed by atoms with Crippen molar-refractivity contribution in [3.8, 4) is 0 Å². The molecule has 1 aliphatic rings. The predicted molar refractivity (Wildman–Crippen MR) is 116 cm³/mol. The molecule has 0 radical (unpaired) electrons. The second-order valence-corrected chi connectivity index (χ2v) is 8.58. The van der Waals surface area contributed by atoms with Gasteiger partial charge in [0, 0.05) is 36.2 Å². The lowest BCUT2D eigenvalue weighted by Crippen LogP contribution is -2.52. The molecule has 9 heteroatoms. The maximum Gasteiger partial charge on any atom is 0.416 e. The van der Waals surface area contributed by atoms with E-state index in [0.717, 1.165) is 31.4 Å². The van der Waals surface area contributed by atoms with Crippen molar-refractivity contribution in [2.75, 3.05) is 26.8 Å². The molecule has 2 rings (SSSR count). The molecule has 1 aromatic carbocycles. The van der Waals surface area contributed by atoms with Crippen LogP contribution in [0.2, 0.25) is 0 Å². The van der Waals surface area contributed by atoms with Gasteiger partial charge in [-0.15, -0.1) is 0 Å². The van der Waals surface area contributed by atoms with Crippen LogP contribution in [0.1, 0.15) is 56.0 Å². The Morgan fingerprint density at radius 3 is 2.59 bits per heavy atom. The summed E-state index contributed by atoms with van der Waals surface area (Å²) in [5, 5.41) is 5.39. The number of hydrogen-bond donors (Lipinski definition) is 2. The molecule has 1 aromatic rings. The van der Waals surface area contributed by atoms with E-state index in [0.29, 0.717) is 25.3 Å². The third-order valence-corrected chi connectivity index (χ3v) is 6.09. The average molecular weight is 458 g/mol. The van der Waals surface area contributed by atoms with Crippen molar-refractivity contribution in [1.82, 2.24) is 15.5 Å². The fourth-order valence-electron chi connectivity index (χ4n) is 4.03. The molecule has 0 spiro atoms. The number of halogens is 3. The van der Waals surface area contributed by atoms with E-state index in [1.54, 1.807) is 0 Å². The van der Waals surface area contributed by atoms with Crippen LogP contribution in [0.4, 0.5) is 13.2 Å². The van der Waals surface area contributed by atoms with Crippen molar-refractivity contribution < 1.29 is 27.5 Å². The summed E-state index contributed by atoms with van der Waals surface area (Å²) in [6.07, 6.45) is -1.90. The summed E-state index contributed by atoms with van der Waals surface area (Å²) in [5.74, 6) is -0.940. The minimum absolute atomic E-state index is 0.0729. The van der Waals surface area contributed by atoms with Crippen molar-refractivity contribution in [2.45, 2.75) is 64.3 Å². The Morgan fingerprint density at radius 2 is 1.97 bits per heavy atom. The summed E-state index contributed by atoms with van der Waals surface area (Å²) >= 11 is 0. The Labute approximate surface area is 187 Å². The van der Waals surface area contributed by atoms with Crippen LogP contribution in [0.3, 0.4) is 0 Å². The second kappa shape index (κ2) is 11.7. The van der Waals surface area contributed by atoms with E-state index < -0.39 is 17.6 Å². The van der Waals surface area contributed by atoms with Gasteiger partial charge in [-0.3, -0.25) is 9.59 Å². The highest BCUT2D eigenvalue weighted by Crippen LogP contribution is 2.30. The first-order valence-corrected chi connectivity index (χ1v) is 11.1. The van der Waals surface area contributed by atoms with E-state index in [9.17, 15) is 22.8 Å². The van der Waals surface area contributed by atoms with Crippen LogP contribution in [0.5, 0.6) is 0 Å². The Bertz CT molecular complexity index is 770. The van der Waals surface area contributed by atoms with Crippen molar-refractivity contribution in [3.05, 3.63) is 35.4 Å². The molecule has 0 bridgehead atoms. The lowest BCUT2D eigenvalue weighted by Gasteiger charge is -2.41. The summed E-state index contributed by atoms with van der Waals surface area (Å²) in [6.45, 7) is 7.06. The third-order valence-electron chi connectivity index (χ3n) is 6.09. The van der Waals surface area contributed by atoms with Crippen molar-refractivity contribution in [2.24, 2.45) is 5.92 Å². The van der Waals surface area contributed by atoms with E-state index in [4.69, 9.17) is 4.74 Å². The molecule has 1 aliphatic carbocycles. The molecule has 0 heterocycles. The molecule has 2 amide bonds. The number of hydrogen-bond acceptors (Lipinski definition) is 4. The highest BCUT2D eigenvalue weighted by molar-refractivity contribution is 5.96. The maximum atomic E-state index is 12.8. The number of amides is 2. The molecular weight excluding hydrogens is 423 g/mol. The van der Waals surface area contributed by atoms with Crippen molar-refractivity contribution >= 4 is 11.8 Å². The Balaban J connectivity index is 1.92. The Morgan fingerprint density at radius 1 is 1.25 bits per heavy atom. The molecule has 32 heavy (non-hydrogen) atoms. The number of benzene rings is 1. The number of nitrogens with zero attached hydrogens (tertiary/aromatic N) is 1. The molecule has 0 aromatic heterocycles. The van der Waals surface area contributed by atoms with Gasteiger partial charge in [-0.25, -0.2) is 0 Å². The number of alkyl halides is 3. The molecule has 6 nitrogen and oxygen atoms in total. The Hall–Kier alpha value is -2.13. The molecule has 0 unspecified atom stereocenters. The van der Waals surface area contributed by atoms with Gasteiger partial charge in [0.15, 0.2) is 0 Å². The van der Waals surface area contributed by atoms with Crippen LogP contribution in [-0.4, -0.2) is 61.6 Å². The van der Waals surface area contributed by atoms with Crippen LogP contribution >= 0.6 is 0 Å². The molecule has 0 saturated heterocycles. The third kappa shape index (κ3) is 7.48. The second-order valence-electron chi connectivity index (χ2n) is 8.58. The monoisotopic (exact) mass is 457 g/mol. The van der Waals surface area contributed by atoms with Crippen LogP contribution < -0.4 is 10.6 Å². The van der Waals surface area contributed by atoms with Gasteiger partial charge in [-0.05, 0) is 65.3 Å². The van der Waals surface area contributed by atoms with Gasteiger partial charge in [0.05, 0.1) is 18.7 Å². The molecule has 1 saturated carbocycles. The van der Waals surface area contributed by atoms with Gasteiger partial charge < -0.3 is 20.3 Å². The SMILES string of the molecule is CCOC[C@H]1C[C@H](N(C)C(C)C)CC[C@@H]1NC(=O)CNC(=O)c1cccc(C(F)(F)F)c1. The van der Waals surface area contributed by atoms with Gasteiger partial charge in [0.25, 0.3) is 5.91 Å². The number of ether oxygens (including phenoxy) is 1. The van der Waals surface area contributed by atoms with Gasteiger partial charge in [0.2, 0.25) is 5.91 Å². The first kappa shape index (κ1) is 26.1. The van der Waals surface area contributed by atoms with E-state index in [1.807, 2.05) is 6.92 Å². The highest BCUT2D eigenvalue weighted by Gasteiger charge is 2.34. The summed E-state index contributed by atoms with van der Waals surface area (Å²) in [5.41, 5.74) is -1.05. The van der Waals surface area contributed by atoms with Crippen LogP contribution in [0.15, 0.2) is 24.3 Å². The minimum Gasteiger partial charge on any atom is -0.381 e. The van der Waals surface area contributed by atoms with E-state index in [1.165, 1.54) is 12.1 Å². The van der Waals surface area contributed by atoms with Gasteiger partial charge in [0.1, 0.15) is 0 Å². The fraction of sp³-hybridized carbons (Fsp3) is 0.652. The first-order chi connectivity index (χ1) is 15.0. The zero-order valence-electron chi connectivity index (χ0n) is 19.2. The van der Waals surface area contributed by atoms with Gasteiger partial charge >= 0.3 is 6.18 Å². The number of carbonyl (C=O) groups excluding carboxylic acids is 2. The predicted octanol–water partition coefficient (Wildman–Crippen LogP) is 3.47. The molecule has 3 atom stereocenters. The quantitative estimate of drug-likeness (QED) is 0.596. The molecule has 0 aliphatic heterocycles. The summed E-state index contributed by atoms with van der Waals surface area (Å²) < 4.78 is 44.2. The lowest BCUT2D eigenvalue weighted by molar-refractivity contribution is -0.137. The molecular formula is C23H34F3N3O3. The van der Waals surface area contributed by atoms with Gasteiger partial charge in [-0.1, -0.05) is 6.07 Å². The summed E-state index contributed by atoms with van der Waals surface area (Å²) in [4.78, 5) is 27.0. The van der Waals surface area contributed by atoms with Crippen LogP contribution in [0, 0.1) is 5.92 Å². The normalized spacial score (nSPS) is 21.6. The minimum atomic E-state index is -4.54. The zero-order valence-corrected chi connectivity index (χ0v) is 19.2.